The van der Waals surface area contributed by atoms with E-state index >= 15 is 0 Å². The summed E-state index contributed by atoms with van der Waals surface area (Å²) in [6, 6.07) is 1.76. The first-order chi connectivity index (χ1) is 7.24. The molecule has 2 heterocycles. The number of nitrogen functional groups attached to an aromatic ring is 1. The Bertz CT molecular complexity index is 476. The van der Waals surface area contributed by atoms with Crippen molar-refractivity contribution in [2.45, 2.75) is 25.2 Å². The number of nitrogens with two attached hydrogens (primary N) is 1. The first-order valence-corrected chi connectivity index (χ1v) is 5.43. The van der Waals surface area contributed by atoms with Gasteiger partial charge in [-0.05, 0) is 12.8 Å². The number of aromatic nitrogens is 3. The zero-order chi connectivity index (χ0) is 10.4. The average Bonchev–Trinajstić information content (AvgIpc) is 2.45. The molecular formula is C10H11ClN4. The van der Waals surface area contributed by atoms with Gasteiger partial charge in [-0.2, -0.15) is 5.10 Å². The molecule has 4 nitrogen and oxygen atoms in total. The average molecular weight is 223 g/mol. The van der Waals surface area contributed by atoms with Gasteiger partial charge in [0.25, 0.3) is 0 Å². The Morgan fingerprint density at radius 1 is 1.47 bits per heavy atom. The maximum Gasteiger partial charge on any atom is 0.157 e. The number of fused-ring (bicyclic) bond motifs is 1. The summed E-state index contributed by atoms with van der Waals surface area (Å²) in [4.78, 5) is 4.45. The molecule has 0 saturated heterocycles. The summed E-state index contributed by atoms with van der Waals surface area (Å²) < 4.78 is 1.70. The van der Waals surface area contributed by atoms with E-state index in [9.17, 15) is 0 Å². The maximum atomic E-state index is 5.92. The van der Waals surface area contributed by atoms with Crippen molar-refractivity contribution in [1.82, 2.24) is 14.6 Å². The lowest BCUT2D eigenvalue weighted by Gasteiger charge is -2.21. The quantitative estimate of drug-likeness (QED) is 0.805. The topological polar surface area (TPSA) is 56.2 Å². The monoisotopic (exact) mass is 222 g/mol. The molecule has 1 saturated carbocycles. The van der Waals surface area contributed by atoms with E-state index in [0.717, 1.165) is 11.5 Å². The van der Waals surface area contributed by atoms with Crippen LogP contribution >= 0.6 is 11.6 Å². The van der Waals surface area contributed by atoms with Gasteiger partial charge in [0.05, 0.1) is 16.9 Å². The SMILES string of the molecule is Nc1cn2nc(C3CCC3)nc2cc1Cl. The van der Waals surface area contributed by atoms with Crippen molar-refractivity contribution >= 4 is 22.9 Å². The first kappa shape index (κ1) is 8.97. The van der Waals surface area contributed by atoms with Gasteiger partial charge in [-0.25, -0.2) is 9.50 Å². The first-order valence-electron chi connectivity index (χ1n) is 5.05. The third-order valence-corrected chi connectivity index (χ3v) is 3.26. The van der Waals surface area contributed by atoms with E-state index in [0.29, 0.717) is 16.6 Å². The van der Waals surface area contributed by atoms with Gasteiger partial charge in [0.2, 0.25) is 0 Å². The zero-order valence-electron chi connectivity index (χ0n) is 8.15. The predicted molar refractivity (Wildman–Crippen MR) is 59.0 cm³/mol. The predicted octanol–water partition coefficient (Wildman–Crippen LogP) is 2.23. The van der Waals surface area contributed by atoms with Crippen molar-refractivity contribution < 1.29 is 0 Å². The number of hydrogen-bond acceptors (Lipinski definition) is 3. The van der Waals surface area contributed by atoms with Gasteiger partial charge < -0.3 is 5.73 Å². The molecule has 0 bridgehead atoms. The van der Waals surface area contributed by atoms with Crippen LogP contribution in [0.25, 0.3) is 5.65 Å². The minimum absolute atomic E-state index is 0.532. The standard InChI is InChI=1S/C10H11ClN4/c11-7-4-9-13-10(6-2-1-3-6)14-15(9)5-8(7)12/h4-6H,1-3,12H2. The summed E-state index contributed by atoms with van der Waals surface area (Å²) in [5, 5.41) is 4.94. The molecule has 1 aliphatic carbocycles. The van der Waals surface area contributed by atoms with E-state index in [-0.39, 0.29) is 0 Å². The summed E-state index contributed by atoms with van der Waals surface area (Å²) >= 11 is 5.92. The Morgan fingerprint density at radius 3 is 2.93 bits per heavy atom. The number of pyridine rings is 1. The molecule has 1 aliphatic rings. The smallest absolute Gasteiger partial charge is 0.157 e. The van der Waals surface area contributed by atoms with Crippen LogP contribution < -0.4 is 5.73 Å². The van der Waals surface area contributed by atoms with Gasteiger partial charge in [0.1, 0.15) is 0 Å². The number of anilines is 1. The second-order valence-corrected chi connectivity index (χ2v) is 4.38. The van der Waals surface area contributed by atoms with Gasteiger partial charge in [0.15, 0.2) is 11.5 Å². The highest BCUT2D eigenvalue weighted by atomic mass is 35.5. The highest BCUT2D eigenvalue weighted by Crippen LogP contribution is 2.34. The number of rotatable bonds is 1. The van der Waals surface area contributed by atoms with E-state index in [1.54, 1.807) is 16.8 Å². The number of hydrogen-bond donors (Lipinski definition) is 1. The van der Waals surface area contributed by atoms with Crippen molar-refractivity contribution in [1.29, 1.82) is 0 Å². The summed E-state index contributed by atoms with van der Waals surface area (Å²) in [5.74, 6) is 1.45. The summed E-state index contributed by atoms with van der Waals surface area (Å²) in [7, 11) is 0. The number of nitrogens with zero attached hydrogens (tertiary/aromatic N) is 3. The van der Waals surface area contributed by atoms with Crippen LogP contribution in [0, 0.1) is 0 Å². The van der Waals surface area contributed by atoms with E-state index in [1.807, 2.05) is 0 Å². The molecule has 1 fully saturated rings. The second-order valence-electron chi connectivity index (χ2n) is 3.98. The maximum absolute atomic E-state index is 5.92. The molecule has 2 aromatic rings. The van der Waals surface area contributed by atoms with E-state index < -0.39 is 0 Å². The summed E-state index contributed by atoms with van der Waals surface area (Å²) in [6.45, 7) is 0. The molecule has 2 aromatic heterocycles. The Balaban J connectivity index is 2.12. The van der Waals surface area contributed by atoms with Crippen molar-refractivity contribution in [3.05, 3.63) is 23.1 Å². The van der Waals surface area contributed by atoms with E-state index in [4.69, 9.17) is 17.3 Å². The minimum Gasteiger partial charge on any atom is -0.396 e. The fourth-order valence-corrected chi connectivity index (χ4v) is 1.92. The van der Waals surface area contributed by atoms with Crippen LogP contribution in [-0.2, 0) is 0 Å². The van der Waals surface area contributed by atoms with Crippen molar-refractivity contribution in [3.63, 3.8) is 0 Å². The molecule has 0 aromatic carbocycles. The third-order valence-electron chi connectivity index (χ3n) is 2.94. The molecule has 0 spiro atoms. The van der Waals surface area contributed by atoms with Crippen LogP contribution in [0.1, 0.15) is 31.0 Å². The fourth-order valence-electron chi connectivity index (χ4n) is 1.78. The van der Waals surface area contributed by atoms with Crippen molar-refractivity contribution in [2.75, 3.05) is 5.73 Å². The normalized spacial score (nSPS) is 16.9. The van der Waals surface area contributed by atoms with Gasteiger partial charge in [0, 0.05) is 12.0 Å². The lowest BCUT2D eigenvalue weighted by molar-refractivity contribution is 0.402. The Morgan fingerprint density at radius 2 is 2.27 bits per heavy atom. The minimum atomic E-state index is 0.532. The van der Waals surface area contributed by atoms with E-state index in [2.05, 4.69) is 10.1 Å². The Kier molecular flexibility index (Phi) is 1.85. The Labute approximate surface area is 92.1 Å². The van der Waals surface area contributed by atoms with Crippen LogP contribution in [0.4, 0.5) is 5.69 Å². The molecule has 15 heavy (non-hydrogen) atoms. The molecule has 5 heteroatoms. The molecule has 0 aliphatic heterocycles. The van der Waals surface area contributed by atoms with E-state index in [1.165, 1.54) is 19.3 Å². The number of halogens is 1. The molecule has 0 amide bonds. The zero-order valence-corrected chi connectivity index (χ0v) is 8.91. The largest absolute Gasteiger partial charge is 0.396 e. The van der Waals surface area contributed by atoms with Gasteiger partial charge >= 0.3 is 0 Å². The van der Waals surface area contributed by atoms with Crippen LogP contribution in [0.3, 0.4) is 0 Å². The summed E-state index contributed by atoms with van der Waals surface area (Å²) in [5.41, 5.74) is 7.01. The molecular weight excluding hydrogens is 212 g/mol. The fraction of sp³-hybridized carbons (Fsp3) is 0.400. The highest BCUT2D eigenvalue weighted by Gasteiger charge is 2.23. The van der Waals surface area contributed by atoms with Crippen LogP contribution in [0.5, 0.6) is 0 Å². The molecule has 0 radical (unpaired) electrons. The summed E-state index contributed by atoms with van der Waals surface area (Å²) in [6.07, 6.45) is 5.39. The van der Waals surface area contributed by atoms with Gasteiger partial charge in [-0.1, -0.05) is 18.0 Å². The molecule has 2 N–H and O–H groups in total. The van der Waals surface area contributed by atoms with Crippen molar-refractivity contribution in [2.24, 2.45) is 0 Å². The highest BCUT2D eigenvalue weighted by molar-refractivity contribution is 6.33. The van der Waals surface area contributed by atoms with Crippen LogP contribution in [-0.4, -0.2) is 14.6 Å². The molecule has 78 valence electrons. The lowest BCUT2D eigenvalue weighted by atomic mass is 9.85. The van der Waals surface area contributed by atoms with Gasteiger partial charge in [-0.15, -0.1) is 0 Å². The molecule has 0 unspecified atom stereocenters. The van der Waals surface area contributed by atoms with Crippen LogP contribution in [0.15, 0.2) is 12.3 Å². The molecule has 0 atom stereocenters. The second kappa shape index (κ2) is 3.10. The van der Waals surface area contributed by atoms with Crippen LogP contribution in [0.2, 0.25) is 5.02 Å². The third kappa shape index (κ3) is 1.36. The Hall–Kier alpha value is -1.29. The lowest BCUT2D eigenvalue weighted by Crippen LogP contribution is -2.10. The molecule has 3 rings (SSSR count). The van der Waals surface area contributed by atoms with Crippen molar-refractivity contribution in [3.8, 4) is 0 Å². The van der Waals surface area contributed by atoms with Gasteiger partial charge in [-0.3, -0.25) is 0 Å².